The normalized spacial score (nSPS) is 12.2. The van der Waals surface area contributed by atoms with Crippen LogP contribution in [-0.2, 0) is 6.42 Å². The van der Waals surface area contributed by atoms with E-state index in [1.54, 1.807) is 6.20 Å². The van der Waals surface area contributed by atoms with Gasteiger partial charge in [0.25, 0.3) is 0 Å². The van der Waals surface area contributed by atoms with Gasteiger partial charge < -0.3 is 5.32 Å². The van der Waals surface area contributed by atoms with Crippen molar-refractivity contribution in [2.24, 2.45) is 0 Å². The third-order valence-electron chi connectivity index (χ3n) is 3.05. The van der Waals surface area contributed by atoms with Gasteiger partial charge in [-0.3, -0.25) is 0 Å². The van der Waals surface area contributed by atoms with Crippen molar-refractivity contribution < 1.29 is 4.39 Å². The summed E-state index contributed by atoms with van der Waals surface area (Å²) in [6.07, 6.45) is 2.60. The Hall–Kier alpha value is -1.42. The number of benzene rings is 1. The first kappa shape index (κ1) is 14.0. The highest BCUT2D eigenvalue weighted by molar-refractivity contribution is 9.10. The Bertz CT molecular complexity index is 555. The molecular formula is C15H16BrFN2. The average Bonchev–Trinajstić information content (AvgIpc) is 2.42. The third kappa shape index (κ3) is 3.53. The second-order valence-corrected chi connectivity index (χ2v) is 5.36. The zero-order valence-corrected chi connectivity index (χ0v) is 12.5. The van der Waals surface area contributed by atoms with Crippen LogP contribution >= 0.6 is 15.9 Å². The van der Waals surface area contributed by atoms with E-state index < -0.39 is 0 Å². The molecule has 2 aromatic rings. The molecule has 4 heteroatoms. The van der Waals surface area contributed by atoms with E-state index in [4.69, 9.17) is 0 Å². The summed E-state index contributed by atoms with van der Waals surface area (Å²) in [7, 11) is 0. The summed E-state index contributed by atoms with van der Waals surface area (Å²) in [5.74, 6) is -0.0818. The van der Waals surface area contributed by atoms with Crippen molar-refractivity contribution in [1.82, 2.24) is 4.98 Å². The van der Waals surface area contributed by atoms with E-state index in [1.165, 1.54) is 11.6 Å². The fraction of sp³-hybridized carbons (Fsp3) is 0.267. The third-order valence-corrected chi connectivity index (χ3v) is 3.48. The second-order valence-electron chi connectivity index (χ2n) is 4.45. The van der Waals surface area contributed by atoms with Gasteiger partial charge in [0, 0.05) is 10.7 Å². The monoisotopic (exact) mass is 322 g/mol. The van der Waals surface area contributed by atoms with Crippen LogP contribution in [0, 0.1) is 5.82 Å². The zero-order chi connectivity index (χ0) is 13.8. The second kappa shape index (κ2) is 6.15. The molecular weight excluding hydrogens is 307 g/mol. The molecule has 0 fully saturated rings. The van der Waals surface area contributed by atoms with Gasteiger partial charge >= 0.3 is 0 Å². The number of nitrogens with one attached hydrogen (secondary N) is 1. The number of hydrogen-bond acceptors (Lipinski definition) is 2. The van der Waals surface area contributed by atoms with Gasteiger partial charge in [0.1, 0.15) is 0 Å². The average molecular weight is 323 g/mol. The van der Waals surface area contributed by atoms with Crippen molar-refractivity contribution in [2.75, 3.05) is 5.32 Å². The quantitative estimate of drug-likeness (QED) is 0.881. The molecule has 0 aliphatic heterocycles. The number of halogens is 2. The standard InChI is InChI=1S/C15H16BrFN2/c1-3-11-4-6-12(7-5-11)10(2)19-15-14(17)8-13(16)9-18-15/h4-10H,3H2,1-2H3,(H,18,19). The summed E-state index contributed by atoms with van der Waals surface area (Å²) in [5.41, 5.74) is 2.41. The van der Waals surface area contributed by atoms with Crippen LogP contribution in [0.1, 0.15) is 31.0 Å². The number of pyridine rings is 1. The summed E-state index contributed by atoms with van der Waals surface area (Å²) in [5, 5.41) is 3.08. The van der Waals surface area contributed by atoms with Crippen LogP contribution in [0.4, 0.5) is 10.2 Å². The number of rotatable bonds is 4. The van der Waals surface area contributed by atoms with Crippen molar-refractivity contribution >= 4 is 21.7 Å². The maximum atomic E-state index is 13.7. The Morgan fingerprint density at radius 1 is 1.32 bits per heavy atom. The van der Waals surface area contributed by atoms with Crippen molar-refractivity contribution in [3.05, 3.63) is 57.9 Å². The number of hydrogen-bond donors (Lipinski definition) is 1. The van der Waals surface area contributed by atoms with Crippen LogP contribution in [0.25, 0.3) is 0 Å². The van der Waals surface area contributed by atoms with Gasteiger partial charge in [0.2, 0.25) is 0 Å². The SMILES string of the molecule is CCc1ccc(C(C)Nc2ncc(Br)cc2F)cc1. The minimum atomic E-state index is -0.355. The van der Waals surface area contributed by atoms with Gasteiger partial charge in [0.05, 0.1) is 6.04 Å². The van der Waals surface area contributed by atoms with Crippen LogP contribution in [0.5, 0.6) is 0 Å². The first-order chi connectivity index (χ1) is 9.10. The number of aryl methyl sites for hydroxylation is 1. The molecule has 1 atom stereocenters. The molecule has 1 aromatic heterocycles. The molecule has 0 aliphatic carbocycles. The molecule has 0 bridgehead atoms. The van der Waals surface area contributed by atoms with Gasteiger partial charge in [-0.25, -0.2) is 9.37 Å². The van der Waals surface area contributed by atoms with Crippen LogP contribution < -0.4 is 5.32 Å². The highest BCUT2D eigenvalue weighted by atomic mass is 79.9. The van der Waals surface area contributed by atoms with Gasteiger partial charge in [-0.05, 0) is 46.5 Å². The number of anilines is 1. The summed E-state index contributed by atoms with van der Waals surface area (Å²) < 4.78 is 14.3. The van der Waals surface area contributed by atoms with Crippen LogP contribution in [0.2, 0.25) is 0 Å². The minimum absolute atomic E-state index is 0.00841. The molecule has 0 saturated heterocycles. The Morgan fingerprint density at radius 2 is 2.00 bits per heavy atom. The molecule has 0 radical (unpaired) electrons. The maximum absolute atomic E-state index is 13.7. The maximum Gasteiger partial charge on any atom is 0.166 e. The molecule has 0 amide bonds. The predicted molar refractivity (Wildman–Crippen MR) is 79.8 cm³/mol. The summed E-state index contributed by atoms with van der Waals surface area (Å²) in [6, 6.07) is 9.73. The van der Waals surface area contributed by atoms with Crippen LogP contribution in [0.3, 0.4) is 0 Å². The van der Waals surface area contributed by atoms with Gasteiger partial charge in [0.15, 0.2) is 11.6 Å². The molecule has 1 unspecified atom stereocenters. The van der Waals surface area contributed by atoms with E-state index in [1.807, 2.05) is 6.92 Å². The van der Waals surface area contributed by atoms with E-state index in [0.717, 1.165) is 12.0 Å². The Balaban J connectivity index is 2.13. The first-order valence-corrected chi connectivity index (χ1v) is 7.06. The lowest BCUT2D eigenvalue weighted by atomic mass is 10.1. The molecule has 100 valence electrons. The van der Waals surface area contributed by atoms with Crippen molar-refractivity contribution in [2.45, 2.75) is 26.3 Å². The molecule has 2 rings (SSSR count). The predicted octanol–water partition coefficient (Wildman–Crippen LogP) is 4.72. The fourth-order valence-electron chi connectivity index (χ4n) is 1.85. The topological polar surface area (TPSA) is 24.9 Å². The van der Waals surface area contributed by atoms with E-state index in [-0.39, 0.29) is 17.7 Å². The molecule has 0 spiro atoms. The van der Waals surface area contributed by atoms with Crippen molar-refractivity contribution in [3.63, 3.8) is 0 Å². The summed E-state index contributed by atoms with van der Waals surface area (Å²) >= 11 is 3.19. The zero-order valence-electron chi connectivity index (χ0n) is 11.0. The van der Waals surface area contributed by atoms with E-state index >= 15 is 0 Å². The molecule has 1 N–H and O–H groups in total. The molecule has 19 heavy (non-hydrogen) atoms. The van der Waals surface area contributed by atoms with E-state index in [0.29, 0.717) is 4.47 Å². The number of aromatic nitrogens is 1. The van der Waals surface area contributed by atoms with Crippen LogP contribution in [-0.4, -0.2) is 4.98 Å². The highest BCUT2D eigenvalue weighted by Crippen LogP contribution is 2.22. The van der Waals surface area contributed by atoms with Gasteiger partial charge in [-0.1, -0.05) is 31.2 Å². The molecule has 2 nitrogen and oxygen atoms in total. The molecule has 1 aromatic carbocycles. The first-order valence-electron chi connectivity index (χ1n) is 6.26. The molecule has 1 heterocycles. The lowest BCUT2D eigenvalue weighted by molar-refractivity contribution is 0.620. The largest absolute Gasteiger partial charge is 0.361 e. The van der Waals surface area contributed by atoms with Crippen LogP contribution in [0.15, 0.2) is 41.0 Å². The Morgan fingerprint density at radius 3 is 2.58 bits per heavy atom. The van der Waals surface area contributed by atoms with E-state index in [9.17, 15) is 4.39 Å². The van der Waals surface area contributed by atoms with E-state index in [2.05, 4.69) is 57.4 Å². The Labute approximate surface area is 121 Å². The minimum Gasteiger partial charge on any atom is -0.361 e. The Kier molecular flexibility index (Phi) is 4.53. The summed E-state index contributed by atoms with van der Waals surface area (Å²) in [6.45, 7) is 4.11. The molecule has 0 aliphatic rings. The summed E-state index contributed by atoms with van der Waals surface area (Å²) in [4.78, 5) is 4.04. The number of nitrogens with zero attached hydrogens (tertiary/aromatic N) is 1. The van der Waals surface area contributed by atoms with Gasteiger partial charge in [-0.2, -0.15) is 0 Å². The lowest BCUT2D eigenvalue weighted by Gasteiger charge is -2.15. The fourth-order valence-corrected chi connectivity index (χ4v) is 2.15. The lowest BCUT2D eigenvalue weighted by Crippen LogP contribution is -2.09. The van der Waals surface area contributed by atoms with Crippen molar-refractivity contribution in [3.8, 4) is 0 Å². The smallest absolute Gasteiger partial charge is 0.166 e. The van der Waals surface area contributed by atoms with Gasteiger partial charge in [-0.15, -0.1) is 0 Å². The highest BCUT2D eigenvalue weighted by Gasteiger charge is 2.10. The molecule has 0 saturated carbocycles. The van der Waals surface area contributed by atoms with Crippen molar-refractivity contribution in [1.29, 1.82) is 0 Å².